The molecule has 2 saturated carbocycles. The summed E-state index contributed by atoms with van der Waals surface area (Å²) in [5.74, 6) is 2.29. The third-order valence-corrected chi connectivity index (χ3v) is 9.82. The summed E-state index contributed by atoms with van der Waals surface area (Å²) in [6, 6.07) is 11.7. The zero-order valence-corrected chi connectivity index (χ0v) is 23.7. The van der Waals surface area contributed by atoms with Crippen LogP contribution in [0.15, 0.2) is 36.4 Å². The van der Waals surface area contributed by atoms with Crippen molar-refractivity contribution in [2.75, 3.05) is 0 Å². The van der Waals surface area contributed by atoms with Crippen LogP contribution in [0.4, 0.5) is 8.78 Å². The summed E-state index contributed by atoms with van der Waals surface area (Å²) in [7, 11) is 0. The van der Waals surface area contributed by atoms with Gasteiger partial charge in [0.2, 0.25) is 0 Å². The molecule has 0 bridgehead atoms. The van der Waals surface area contributed by atoms with Gasteiger partial charge < -0.3 is 0 Å². The summed E-state index contributed by atoms with van der Waals surface area (Å²) in [5, 5.41) is -0.418. The fourth-order valence-electron chi connectivity index (χ4n) is 6.92. The fourth-order valence-corrected chi connectivity index (χ4v) is 7.03. The molecule has 0 spiro atoms. The Hall–Kier alpha value is -1.41. The Kier molecular flexibility index (Phi) is 11.3. The predicted octanol–water partition coefficient (Wildman–Crippen LogP) is 11.2. The van der Waals surface area contributed by atoms with E-state index in [9.17, 15) is 8.78 Å². The molecule has 4 rings (SSSR count). The zero-order valence-electron chi connectivity index (χ0n) is 22.9. The van der Waals surface area contributed by atoms with Crippen molar-refractivity contribution in [3.8, 4) is 0 Å². The topological polar surface area (TPSA) is 0 Å². The van der Waals surface area contributed by atoms with Gasteiger partial charge in [-0.15, -0.1) is 0 Å². The SMILES string of the molecule is CCCCCC[C@H]1CC[C@H](CCC2CCC(c3ccc(CCc4cc(F)c(Cl)c(F)c4)cc3)CC2)CC1. The smallest absolute Gasteiger partial charge is 0.145 e. The fraction of sp³-hybridized carbons (Fsp3) is 0.647. The lowest BCUT2D eigenvalue weighted by molar-refractivity contribution is 0.222. The first-order valence-corrected chi connectivity index (χ1v) is 15.6. The Balaban J connectivity index is 1.12. The van der Waals surface area contributed by atoms with Crippen LogP contribution < -0.4 is 0 Å². The average Bonchev–Trinajstić information content (AvgIpc) is 2.93. The average molecular weight is 529 g/mol. The van der Waals surface area contributed by atoms with E-state index in [0.29, 0.717) is 17.9 Å². The van der Waals surface area contributed by atoms with E-state index in [2.05, 4.69) is 31.2 Å². The number of benzene rings is 2. The molecule has 0 aliphatic heterocycles. The van der Waals surface area contributed by atoms with E-state index in [1.807, 2.05) is 0 Å². The van der Waals surface area contributed by atoms with Gasteiger partial charge in [-0.3, -0.25) is 0 Å². The highest BCUT2D eigenvalue weighted by Gasteiger charge is 2.25. The van der Waals surface area contributed by atoms with Crippen LogP contribution in [0.2, 0.25) is 5.02 Å². The number of hydrogen-bond acceptors (Lipinski definition) is 0. The molecule has 0 saturated heterocycles. The maximum absolute atomic E-state index is 13.7. The summed E-state index contributed by atoms with van der Waals surface area (Å²) >= 11 is 5.60. The molecule has 37 heavy (non-hydrogen) atoms. The summed E-state index contributed by atoms with van der Waals surface area (Å²) in [5.41, 5.74) is 3.32. The normalized spacial score (nSPS) is 24.3. The number of aryl methyl sites for hydroxylation is 2. The molecule has 0 unspecified atom stereocenters. The van der Waals surface area contributed by atoms with Gasteiger partial charge in [0.1, 0.15) is 16.7 Å². The molecule has 0 heterocycles. The summed E-state index contributed by atoms with van der Waals surface area (Å²) in [6.07, 6.45) is 22.8. The largest absolute Gasteiger partial charge is 0.205 e. The van der Waals surface area contributed by atoms with Crippen molar-refractivity contribution < 1.29 is 8.78 Å². The van der Waals surface area contributed by atoms with Gasteiger partial charge in [-0.25, -0.2) is 8.78 Å². The maximum Gasteiger partial charge on any atom is 0.145 e. The maximum atomic E-state index is 13.7. The molecule has 2 aromatic rings. The summed E-state index contributed by atoms with van der Waals surface area (Å²) in [6.45, 7) is 2.30. The first-order valence-electron chi connectivity index (χ1n) is 15.2. The Morgan fingerprint density at radius 3 is 1.73 bits per heavy atom. The van der Waals surface area contributed by atoms with Gasteiger partial charge in [0.25, 0.3) is 0 Å². The number of hydrogen-bond donors (Lipinski definition) is 0. The molecule has 2 aromatic carbocycles. The Morgan fingerprint density at radius 2 is 1.16 bits per heavy atom. The number of unbranched alkanes of at least 4 members (excludes halogenated alkanes) is 3. The molecule has 0 nitrogen and oxygen atoms in total. The third-order valence-electron chi connectivity index (χ3n) is 9.46. The molecule has 3 heteroatoms. The first kappa shape index (κ1) is 28.6. The lowest BCUT2D eigenvalue weighted by Gasteiger charge is -2.32. The van der Waals surface area contributed by atoms with Crippen LogP contribution in [-0.2, 0) is 12.8 Å². The van der Waals surface area contributed by atoms with Crippen LogP contribution in [0, 0.1) is 29.4 Å². The molecule has 204 valence electrons. The van der Waals surface area contributed by atoms with Crippen LogP contribution in [0.3, 0.4) is 0 Å². The van der Waals surface area contributed by atoms with Crippen molar-refractivity contribution in [1.82, 2.24) is 0 Å². The Morgan fingerprint density at radius 1 is 0.649 bits per heavy atom. The number of halogens is 3. The van der Waals surface area contributed by atoms with Gasteiger partial charge in [-0.05, 0) is 91.0 Å². The zero-order chi connectivity index (χ0) is 26.0. The Labute approximate surface area is 229 Å². The molecule has 2 fully saturated rings. The molecule has 0 N–H and O–H groups in total. The molecule has 0 aromatic heterocycles. The van der Waals surface area contributed by atoms with E-state index in [1.54, 1.807) is 0 Å². The van der Waals surface area contributed by atoms with Crippen molar-refractivity contribution in [1.29, 1.82) is 0 Å². The lowest BCUT2D eigenvalue weighted by atomic mass is 9.74. The summed E-state index contributed by atoms with van der Waals surface area (Å²) in [4.78, 5) is 0. The van der Waals surface area contributed by atoms with Crippen molar-refractivity contribution in [2.24, 2.45) is 17.8 Å². The van der Waals surface area contributed by atoms with E-state index < -0.39 is 16.7 Å². The predicted molar refractivity (Wildman–Crippen MR) is 153 cm³/mol. The quantitative estimate of drug-likeness (QED) is 0.190. The molecular formula is C34H47ClF2. The van der Waals surface area contributed by atoms with Gasteiger partial charge in [0.05, 0.1) is 0 Å². The molecule has 0 amide bonds. The van der Waals surface area contributed by atoms with E-state index in [-0.39, 0.29) is 0 Å². The second-order valence-electron chi connectivity index (χ2n) is 12.1. The highest BCUT2D eigenvalue weighted by atomic mass is 35.5. The highest BCUT2D eigenvalue weighted by molar-refractivity contribution is 6.30. The van der Waals surface area contributed by atoms with Crippen molar-refractivity contribution in [2.45, 2.75) is 122 Å². The van der Waals surface area contributed by atoms with Gasteiger partial charge in [0.15, 0.2) is 0 Å². The van der Waals surface area contributed by atoms with Gasteiger partial charge in [-0.1, -0.05) is 113 Å². The van der Waals surface area contributed by atoms with E-state index in [4.69, 9.17) is 11.6 Å². The van der Waals surface area contributed by atoms with Crippen LogP contribution in [-0.4, -0.2) is 0 Å². The standard InChI is InChI=1S/C34H47ClF2/c1-2-3-4-5-6-25-7-9-26(10-8-25)11-12-27-15-19-30(20-16-27)31-21-17-28(18-22-31)13-14-29-23-32(36)34(35)33(37)24-29/h17-18,21-27,30H,2-16,19-20H2,1H3/t25-,26-,27?,30?. The first-order chi connectivity index (χ1) is 18.0. The van der Waals surface area contributed by atoms with E-state index >= 15 is 0 Å². The summed E-state index contributed by atoms with van der Waals surface area (Å²) < 4.78 is 27.4. The van der Waals surface area contributed by atoms with Crippen LogP contribution in [0.5, 0.6) is 0 Å². The minimum Gasteiger partial charge on any atom is -0.205 e. The van der Waals surface area contributed by atoms with Gasteiger partial charge in [0, 0.05) is 0 Å². The van der Waals surface area contributed by atoms with E-state index in [1.165, 1.54) is 120 Å². The molecular weight excluding hydrogens is 482 g/mol. The molecule has 0 atom stereocenters. The number of rotatable bonds is 12. The van der Waals surface area contributed by atoms with Gasteiger partial charge in [-0.2, -0.15) is 0 Å². The Bertz CT molecular complexity index is 914. The minimum atomic E-state index is -0.678. The monoisotopic (exact) mass is 528 g/mol. The van der Waals surface area contributed by atoms with Crippen LogP contribution in [0.25, 0.3) is 0 Å². The third kappa shape index (κ3) is 8.81. The van der Waals surface area contributed by atoms with Crippen molar-refractivity contribution in [3.05, 3.63) is 69.7 Å². The lowest BCUT2D eigenvalue weighted by Crippen LogP contribution is -2.18. The second kappa shape index (κ2) is 14.7. The highest BCUT2D eigenvalue weighted by Crippen LogP contribution is 2.40. The van der Waals surface area contributed by atoms with Crippen molar-refractivity contribution in [3.63, 3.8) is 0 Å². The van der Waals surface area contributed by atoms with Crippen LogP contribution >= 0.6 is 11.6 Å². The minimum absolute atomic E-state index is 0.418. The second-order valence-corrected chi connectivity index (χ2v) is 12.5. The molecule has 0 radical (unpaired) electrons. The van der Waals surface area contributed by atoms with E-state index in [0.717, 1.165) is 24.2 Å². The molecule has 2 aliphatic rings. The van der Waals surface area contributed by atoms with Crippen molar-refractivity contribution >= 4 is 11.6 Å². The van der Waals surface area contributed by atoms with Crippen LogP contribution in [0.1, 0.15) is 126 Å². The van der Waals surface area contributed by atoms with Gasteiger partial charge >= 0.3 is 0 Å². The molecule has 2 aliphatic carbocycles.